The van der Waals surface area contributed by atoms with Crippen molar-refractivity contribution in [3.63, 3.8) is 0 Å². The molecule has 4 rings (SSSR count). The molecule has 1 amide bonds. The van der Waals surface area contributed by atoms with Crippen molar-refractivity contribution in [2.24, 2.45) is 0 Å². The predicted octanol–water partition coefficient (Wildman–Crippen LogP) is 4.10. The minimum Gasteiger partial charge on any atom is -0.497 e. The molecule has 36 heavy (non-hydrogen) atoms. The van der Waals surface area contributed by atoms with E-state index in [-0.39, 0.29) is 23.2 Å². The van der Waals surface area contributed by atoms with Crippen molar-refractivity contribution < 1.29 is 27.4 Å². The Balaban J connectivity index is 1.62. The second-order valence-corrected chi connectivity index (χ2v) is 10.3. The molecule has 3 aromatic carbocycles. The second kappa shape index (κ2) is 10.9. The van der Waals surface area contributed by atoms with Gasteiger partial charge in [0.25, 0.3) is 10.0 Å². The molecular weight excluding hydrogens is 480 g/mol. The summed E-state index contributed by atoms with van der Waals surface area (Å²) in [4.78, 5) is 13.2. The number of benzene rings is 3. The quantitative estimate of drug-likeness (QED) is 0.466. The fourth-order valence-electron chi connectivity index (χ4n) is 4.45. The number of para-hydroxylation sites is 1. The normalized spacial score (nSPS) is 14.9. The molecule has 0 radical (unpaired) electrons. The van der Waals surface area contributed by atoms with Gasteiger partial charge >= 0.3 is 0 Å². The molecule has 1 atom stereocenters. The topological polar surface area (TPSA) is 94.2 Å². The Labute approximate surface area is 211 Å². The number of carbonyl (C=O) groups excluding carboxylic acids is 1. The zero-order chi connectivity index (χ0) is 25.7. The van der Waals surface area contributed by atoms with Gasteiger partial charge in [0.2, 0.25) is 5.91 Å². The van der Waals surface area contributed by atoms with Crippen LogP contribution < -0.4 is 23.8 Å². The number of aryl methyl sites for hydroxylation is 1. The summed E-state index contributed by atoms with van der Waals surface area (Å²) in [6.45, 7) is -0.372. The number of ether oxygens (including phenoxy) is 3. The van der Waals surface area contributed by atoms with E-state index in [1.165, 1.54) is 32.4 Å². The number of amides is 1. The zero-order valence-corrected chi connectivity index (χ0v) is 21.4. The van der Waals surface area contributed by atoms with Gasteiger partial charge in [0.05, 0.1) is 38.0 Å². The standard InChI is InChI=1S/C27H30N2O6S/c1-33-21-12-14-23-19(16-21)8-7-11-24(23)28-27(30)18-29(20-9-5-4-6-10-20)36(31,32)22-13-15-25(34-2)26(17-22)35-3/h4-6,9-10,12-17,24H,7-8,11,18H2,1-3H3,(H,28,30). The number of carbonyl (C=O) groups is 1. The third kappa shape index (κ3) is 5.26. The number of nitrogens with zero attached hydrogens (tertiary/aromatic N) is 1. The molecule has 0 aliphatic heterocycles. The lowest BCUT2D eigenvalue weighted by Crippen LogP contribution is -2.42. The molecule has 1 aliphatic rings. The van der Waals surface area contributed by atoms with Crippen LogP contribution in [-0.2, 0) is 21.2 Å². The first-order chi connectivity index (χ1) is 17.4. The lowest BCUT2D eigenvalue weighted by molar-refractivity contribution is -0.120. The highest BCUT2D eigenvalue weighted by molar-refractivity contribution is 7.92. The van der Waals surface area contributed by atoms with Gasteiger partial charge in [-0.2, -0.15) is 0 Å². The number of sulfonamides is 1. The largest absolute Gasteiger partial charge is 0.497 e. The predicted molar refractivity (Wildman–Crippen MR) is 137 cm³/mol. The molecule has 0 bridgehead atoms. The van der Waals surface area contributed by atoms with Gasteiger partial charge in [0, 0.05) is 6.07 Å². The number of anilines is 1. The highest BCUT2D eigenvalue weighted by Crippen LogP contribution is 2.34. The Morgan fingerprint density at radius 1 is 0.944 bits per heavy atom. The number of hydrogen-bond acceptors (Lipinski definition) is 6. The maximum Gasteiger partial charge on any atom is 0.264 e. The van der Waals surface area contributed by atoms with E-state index in [1.807, 2.05) is 18.2 Å². The number of nitrogens with one attached hydrogen (secondary N) is 1. The van der Waals surface area contributed by atoms with Crippen LogP contribution in [0.1, 0.15) is 30.0 Å². The molecule has 3 aromatic rings. The van der Waals surface area contributed by atoms with Crippen LogP contribution in [0.4, 0.5) is 5.69 Å². The van der Waals surface area contributed by atoms with Crippen LogP contribution in [0.15, 0.2) is 71.6 Å². The molecule has 1 unspecified atom stereocenters. The van der Waals surface area contributed by atoms with Gasteiger partial charge in [-0.25, -0.2) is 8.42 Å². The van der Waals surface area contributed by atoms with Crippen LogP contribution >= 0.6 is 0 Å². The average molecular weight is 511 g/mol. The first kappa shape index (κ1) is 25.4. The van der Waals surface area contributed by atoms with Crippen LogP contribution in [0, 0.1) is 0 Å². The van der Waals surface area contributed by atoms with Crippen molar-refractivity contribution in [1.82, 2.24) is 5.32 Å². The third-order valence-electron chi connectivity index (χ3n) is 6.27. The van der Waals surface area contributed by atoms with E-state index in [4.69, 9.17) is 14.2 Å². The van der Waals surface area contributed by atoms with Crippen LogP contribution in [0.2, 0.25) is 0 Å². The zero-order valence-electron chi connectivity index (χ0n) is 20.6. The molecule has 1 N–H and O–H groups in total. The van der Waals surface area contributed by atoms with E-state index in [9.17, 15) is 13.2 Å². The smallest absolute Gasteiger partial charge is 0.264 e. The first-order valence-corrected chi connectivity index (χ1v) is 13.1. The SMILES string of the molecule is COc1ccc2c(c1)CCCC2NC(=O)CN(c1ccccc1)S(=O)(=O)c1ccc(OC)c(OC)c1. The summed E-state index contributed by atoms with van der Waals surface area (Å²) in [5.74, 6) is 1.08. The van der Waals surface area contributed by atoms with Gasteiger partial charge in [-0.15, -0.1) is 0 Å². The molecule has 0 saturated carbocycles. The van der Waals surface area contributed by atoms with Crippen molar-refractivity contribution in [2.45, 2.75) is 30.2 Å². The molecule has 0 spiro atoms. The number of hydrogen-bond donors (Lipinski definition) is 1. The molecule has 190 valence electrons. The summed E-state index contributed by atoms with van der Waals surface area (Å²) in [5, 5.41) is 3.05. The Morgan fingerprint density at radius 3 is 2.39 bits per heavy atom. The van der Waals surface area contributed by atoms with E-state index in [0.717, 1.165) is 40.4 Å². The fraction of sp³-hybridized carbons (Fsp3) is 0.296. The highest BCUT2D eigenvalue weighted by atomic mass is 32.2. The number of methoxy groups -OCH3 is 3. The summed E-state index contributed by atoms with van der Waals surface area (Å²) in [7, 11) is 0.446. The minimum absolute atomic E-state index is 0.00749. The second-order valence-electron chi connectivity index (χ2n) is 8.44. The van der Waals surface area contributed by atoms with E-state index < -0.39 is 15.9 Å². The van der Waals surface area contributed by atoms with Crippen molar-refractivity contribution in [3.8, 4) is 17.2 Å². The van der Waals surface area contributed by atoms with Gasteiger partial charge in [0.1, 0.15) is 12.3 Å². The first-order valence-electron chi connectivity index (χ1n) is 11.6. The van der Waals surface area contributed by atoms with Crippen molar-refractivity contribution in [3.05, 3.63) is 77.9 Å². The summed E-state index contributed by atoms with van der Waals surface area (Å²) in [6, 6.07) is 18.6. The van der Waals surface area contributed by atoms with Crippen molar-refractivity contribution >= 4 is 21.6 Å². The average Bonchev–Trinajstić information content (AvgIpc) is 2.91. The maximum atomic E-state index is 13.7. The fourth-order valence-corrected chi connectivity index (χ4v) is 5.89. The number of rotatable bonds is 9. The van der Waals surface area contributed by atoms with Gasteiger partial charge in [-0.1, -0.05) is 24.3 Å². The molecule has 0 aromatic heterocycles. The molecule has 0 fully saturated rings. The van der Waals surface area contributed by atoms with Crippen LogP contribution in [-0.4, -0.2) is 42.2 Å². The molecule has 9 heteroatoms. The Morgan fingerprint density at radius 2 is 1.69 bits per heavy atom. The van der Waals surface area contributed by atoms with Gasteiger partial charge in [-0.05, 0) is 66.8 Å². The monoisotopic (exact) mass is 510 g/mol. The molecule has 0 saturated heterocycles. The van der Waals surface area contributed by atoms with E-state index in [0.29, 0.717) is 11.4 Å². The van der Waals surface area contributed by atoms with Gasteiger partial charge in [0.15, 0.2) is 11.5 Å². The maximum absolute atomic E-state index is 13.7. The Bertz CT molecular complexity index is 1330. The lowest BCUT2D eigenvalue weighted by Gasteiger charge is -2.29. The molecule has 0 heterocycles. The molecule has 1 aliphatic carbocycles. The third-order valence-corrected chi connectivity index (χ3v) is 8.04. The summed E-state index contributed by atoms with van der Waals surface area (Å²) >= 11 is 0. The summed E-state index contributed by atoms with van der Waals surface area (Å²) in [6.07, 6.45) is 2.60. The van der Waals surface area contributed by atoms with Crippen LogP contribution in [0.3, 0.4) is 0 Å². The molecular formula is C27H30N2O6S. The summed E-state index contributed by atoms with van der Waals surface area (Å²) in [5.41, 5.74) is 2.55. The Hall–Kier alpha value is -3.72. The minimum atomic E-state index is -4.10. The number of fused-ring (bicyclic) bond motifs is 1. The van der Waals surface area contributed by atoms with Gasteiger partial charge in [-0.3, -0.25) is 9.10 Å². The van der Waals surface area contributed by atoms with Crippen LogP contribution in [0.5, 0.6) is 17.2 Å². The highest BCUT2D eigenvalue weighted by Gasteiger charge is 2.30. The van der Waals surface area contributed by atoms with Crippen LogP contribution in [0.25, 0.3) is 0 Å². The van der Waals surface area contributed by atoms with Gasteiger partial charge < -0.3 is 19.5 Å². The van der Waals surface area contributed by atoms with Crippen molar-refractivity contribution in [2.75, 3.05) is 32.2 Å². The lowest BCUT2D eigenvalue weighted by atomic mass is 9.87. The molecule has 8 nitrogen and oxygen atoms in total. The van der Waals surface area contributed by atoms with Crippen molar-refractivity contribution in [1.29, 1.82) is 0 Å². The van der Waals surface area contributed by atoms with E-state index in [1.54, 1.807) is 37.4 Å². The van der Waals surface area contributed by atoms with E-state index in [2.05, 4.69) is 5.32 Å². The summed E-state index contributed by atoms with van der Waals surface area (Å²) < 4.78 is 44.4. The van der Waals surface area contributed by atoms with E-state index >= 15 is 0 Å². The Kier molecular flexibility index (Phi) is 7.69.